The minimum absolute atomic E-state index is 0.213. The number of hydrogen-bond donors (Lipinski definition) is 0. The Bertz CT molecular complexity index is 360. The van der Waals surface area contributed by atoms with Gasteiger partial charge in [-0.2, -0.15) is 0 Å². The van der Waals surface area contributed by atoms with Crippen molar-refractivity contribution in [3.8, 4) is 0 Å². The van der Waals surface area contributed by atoms with Gasteiger partial charge in [-0.25, -0.2) is 4.79 Å². The summed E-state index contributed by atoms with van der Waals surface area (Å²) < 4.78 is 9.73. The van der Waals surface area contributed by atoms with Crippen molar-refractivity contribution < 1.29 is 19.1 Å². The van der Waals surface area contributed by atoms with E-state index in [1.807, 2.05) is 30.3 Å². The van der Waals surface area contributed by atoms with Crippen molar-refractivity contribution in [3.63, 3.8) is 0 Å². The molecule has 0 radical (unpaired) electrons. The predicted molar refractivity (Wildman–Crippen MR) is 51.0 cm³/mol. The third kappa shape index (κ3) is 2.41. The second kappa shape index (κ2) is 4.23. The van der Waals surface area contributed by atoms with Crippen molar-refractivity contribution in [2.45, 2.75) is 18.8 Å². The Labute approximate surface area is 86.8 Å². The van der Waals surface area contributed by atoms with E-state index in [2.05, 4.69) is 0 Å². The molecule has 1 aromatic rings. The predicted octanol–water partition coefficient (Wildman–Crippen LogP) is 0.696. The van der Waals surface area contributed by atoms with Gasteiger partial charge in [0.15, 0.2) is 18.5 Å². The smallest absolute Gasteiger partial charge is 0.338 e. The van der Waals surface area contributed by atoms with Gasteiger partial charge in [0.05, 0.1) is 0 Å². The molecule has 1 aliphatic rings. The molecular weight excluding hydrogens is 196 g/mol. The molecule has 1 fully saturated rings. The molecule has 0 N–H and O–H groups in total. The summed E-state index contributed by atoms with van der Waals surface area (Å²) >= 11 is 0. The van der Waals surface area contributed by atoms with E-state index in [1.165, 1.54) is 0 Å². The molecule has 4 nitrogen and oxygen atoms in total. The lowest BCUT2D eigenvalue weighted by atomic mass is 10.2. The Balaban J connectivity index is 1.79. The Morgan fingerprint density at radius 2 is 2.13 bits per heavy atom. The van der Waals surface area contributed by atoms with E-state index in [-0.39, 0.29) is 6.61 Å². The van der Waals surface area contributed by atoms with Crippen LogP contribution in [0.2, 0.25) is 0 Å². The van der Waals surface area contributed by atoms with Crippen molar-refractivity contribution in [2.24, 2.45) is 0 Å². The number of esters is 1. The molecule has 0 spiro atoms. The van der Waals surface area contributed by atoms with E-state index in [0.29, 0.717) is 6.29 Å². The van der Waals surface area contributed by atoms with Crippen LogP contribution in [0, 0.1) is 0 Å². The second-order valence-electron chi connectivity index (χ2n) is 3.25. The molecule has 78 valence electrons. The molecule has 15 heavy (non-hydrogen) atoms. The molecule has 1 heterocycles. The normalized spacial score (nSPS) is 23.2. The van der Waals surface area contributed by atoms with Crippen LogP contribution in [0.4, 0.5) is 0 Å². The maximum absolute atomic E-state index is 11.2. The molecule has 1 aromatic carbocycles. The number of rotatable bonds is 4. The average Bonchev–Trinajstić information content (AvgIpc) is 3.06. The molecule has 1 saturated heterocycles. The summed E-state index contributed by atoms with van der Waals surface area (Å²) in [5.41, 5.74) is 0.911. The van der Waals surface area contributed by atoms with Crippen LogP contribution in [-0.4, -0.2) is 24.5 Å². The first-order valence-corrected chi connectivity index (χ1v) is 4.62. The maximum atomic E-state index is 11.2. The van der Waals surface area contributed by atoms with Crippen LogP contribution in [0.15, 0.2) is 30.3 Å². The summed E-state index contributed by atoms with van der Waals surface area (Å²) in [6.07, 6.45) is -0.687. The number of carbonyl (C=O) groups is 2. The van der Waals surface area contributed by atoms with Gasteiger partial charge in [-0.05, 0) is 5.56 Å². The van der Waals surface area contributed by atoms with Crippen molar-refractivity contribution >= 4 is 12.3 Å². The minimum atomic E-state index is -0.689. The second-order valence-corrected chi connectivity index (χ2v) is 3.25. The molecule has 0 saturated carbocycles. The van der Waals surface area contributed by atoms with Gasteiger partial charge >= 0.3 is 5.97 Å². The first-order chi connectivity index (χ1) is 7.31. The van der Waals surface area contributed by atoms with Crippen LogP contribution >= 0.6 is 0 Å². The van der Waals surface area contributed by atoms with Gasteiger partial charge in [-0.3, -0.25) is 0 Å². The van der Waals surface area contributed by atoms with Gasteiger partial charge in [0, 0.05) is 0 Å². The fourth-order valence-electron chi connectivity index (χ4n) is 1.23. The van der Waals surface area contributed by atoms with E-state index in [9.17, 15) is 9.59 Å². The van der Waals surface area contributed by atoms with E-state index >= 15 is 0 Å². The standard InChI is InChI=1S/C11H10O4/c12-6-9-10(15-9)11(13)14-7-8-4-2-1-3-5-8/h1-6,9-10H,7H2/t9-,10+/m1/s1. The number of epoxide rings is 1. The highest BCUT2D eigenvalue weighted by Gasteiger charge is 2.46. The fraction of sp³-hybridized carbons (Fsp3) is 0.273. The Morgan fingerprint density at radius 3 is 2.73 bits per heavy atom. The topological polar surface area (TPSA) is 55.9 Å². The zero-order valence-corrected chi connectivity index (χ0v) is 7.96. The van der Waals surface area contributed by atoms with Gasteiger partial charge < -0.3 is 14.3 Å². The van der Waals surface area contributed by atoms with Crippen LogP contribution < -0.4 is 0 Å². The molecule has 4 heteroatoms. The Morgan fingerprint density at radius 1 is 1.40 bits per heavy atom. The Kier molecular flexibility index (Phi) is 2.78. The summed E-state index contributed by atoms with van der Waals surface area (Å²) in [6.45, 7) is 0.213. The molecule has 2 atom stereocenters. The van der Waals surface area contributed by atoms with E-state index in [4.69, 9.17) is 9.47 Å². The first kappa shape index (κ1) is 9.86. The van der Waals surface area contributed by atoms with Crippen LogP contribution in [0.5, 0.6) is 0 Å². The molecule has 0 unspecified atom stereocenters. The van der Waals surface area contributed by atoms with E-state index < -0.39 is 18.2 Å². The zero-order valence-electron chi connectivity index (χ0n) is 7.96. The van der Waals surface area contributed by atoms with Crippen molar-refractivity contribution in [3.05, 3.63) is 35.9 Å². The van der Waals surface area contributed by atoms with Gasteiger partial charge in [0.25, 0.3) is 0 Å². The van der Waals surface area contributed by atoms with Crippen LogP contribution in [0.25, 0.3) is 0 Å². The summed E-state index contributed by atoms with van der Waals surface area (Å²) in [4.78, 5) is 21.5. The van der Waals surface area contributed by atoms with Gasteiger partial charge in [-0.15, -0.1) is 0 Å². The molecule has 0 bridgehead atoms. The first-order valence-electron chi connectivity index (χ1n) is 4.62. The highest BCUT2D eigenvalue weighted by molar-refractivity contribution is 5.84. The molecule has 0 amide bonds. The summed E-state index contributed by atoms with van der Waals surface area (Å²) in [7, 11) is 0. The number of carbonyl (C=O) groups excluding carboxylic acids is 2. The number of benzene rings is 1. The molecular formula is C11H10O4. The quantitative estimate of drug-likeness (QED) is 0.413. The van der Waals surface area contributed by atoms with Gasteiger partial charge in [0.1, 0.15) is 6.61 Å². The SMILES string of the molecule is O=C[C@H]1O[C@@H]1C(=O)OCc1ccccc1. The van der Waals surface area contributed by atoms with E-state index in [1.54, 1.807) is 0 Å². The molecule has 2 rings (SSSR count). The summed E-state index contributed by atoms with van der Waals surface area (Å²) in [6, 6.07) is 9.34. The zero-order chi connectivity index (χ0) is 10.7. The third-order valence-corrected chi connectivity index (χ3v) is 2.12. The van der Waals surface area contributed by atoms with Crippen molar-refractivity contribution in [2.75, 3.05) is 0 Å². The van der Waals surface area contributed by atoms with Gasteiger partial charge in [0.2, 0.25) is 0 Å². The average molecular weight is 206 g/mol. The Hall–Kier alpha value is -1.68. The van der Waals surface area contributed by atoms with Crippen molar-refractivity contribution in [1.82, 2.24) is 0 Å². The fourth-order valence-corrected chi connectivity index (χ4v) is 1.23. The highest BCUT2D eigenvalue weighted by atomic mass is 16.6. The molecule has 0 aliphatic carbocycles. The lowest BCUT2D eigenvalue weighted by Crippen LogP contribution is -2.14. The minimum Gasteiger partial charge on any atom is -0.459 e. The lowest BCUT2D eigenvalue weighted by molar-refractivity contribution is -0.146. The van der Waals surface area contributed by atoms with Crippen LogP contribution in [-0.2, 0) is 25.7 Å². The monoisotopic (exact) mass is 206 g/mol. The summed E-state index contributed by atoms with van der Waals surface area (Å²) in [5.74, 6) is -0.476. The number of aldehydes is 1. The molecule has 1 aliphatic heterocycles. The lowest BCUT2D eigenvalue weighted by Gasteiger charge is -2.01. The largest absolute Gasteiger partial charge is 0.459 e. The third-order valence-electron chi connectivity index (χ3n) is 2.12. The maximum Gasteiger partial charge on any atom is 0.338 e. The highest BCUT2D eigenvalue weighted by Crippen LogP contribution is 2.21. The van der Waals surface area contributed by atoms with Gasteiger partial charge in [-0.1, -0.05) is 30.3 Å². The molecule has 0 aromatic heterocycles. The van der Waals surface area contributed by atoms with Crippen LogP contribution in [0.1, 0.15) is 5.56 Å². The summed E-state index contributed by atoms with van der Waals surface area (Å²) in [5, 5.41) is 0. The van der Waals surface area contributed by atoms with Crippen LogP contribution in [0.3, 0.4) is 0 Å². The van der Waals surface area contributed by atoms with E-state index in [0.717, 1.165) is 5.56 Å². The number of ether oxygens (including phenoxy) is 2. The van der Waals surface area contributed by atoms with Crippen molar-refractivity contribution in [1.29, 1.82) is 0 Å². The number of hydrogen-bond acceptors (Lipinski definition) is 4.